The number of hydrogen-bond donors (Lipinski definition) is 1. The molecule has 1 N–H and O–H groups in total. The summed E-state index contributed by atoms with van der Waals surface area (Å²) in [5.41, 5.74) is 0. The third-order valence-corrected chi connectivity index (χ3v) is 3.85. The van der Waals surface area contributed by atoms with Crippen LogP contribution in [0.1, 0.15) is 57.7 Å². The van der Waals surface area contributed by atoms with Crippen LogP contribution in [0.2, 0.25) is 0 Å². The number of hydrogen-bond acceptors (Lipinski definition) is 5. The minimum Gasteiger partial charge on any atom is -0.392 e. The first kappa shape index (κ1) is 14.5. The second-order valence-electron chi connectivity index (χ2n) is 5.36. The molecule has 1 aromatic heterocycles. The first-order valence-corrected chi connectivity index (χ1v) is 7.48. The zero-order chi connectivity index (χ0) is 13.7. The Balaban J connectivity index is 1.98. The highest BCUT2D eigenvalue weighted by atomic mass is 16.5. The molecule has 1 aliphatic heterocycles. The maximum Gasteiger partial charge on any atom is 0.226 e. The summed E-state index contributed by atoms with van der Waals surface area (Å²) in [6, 6.07) is 0.242. The van der Waals surface area contributed by atoms with Crippen molar-refractivity contribution in [2.24, 2.45) is 0 Å². The molecule has 0 bridgehead atoms. The molecule has 0 spiro atoms. The van der Waals surface area contributed by atoms with Gasteiger partial charge in [0.15, 0.2) is 5.82 Å². The number of aryl methyl sites for hydroxylation is 1. The van der Waals surface area contributed by atoms with Crippen molar-refractivity contribution in [1.82, 2.24) is 15.0 Å². The molecule has 5 heteroatoms. The van der Waals surface area contributed by atoms with Crippen molar-refractivity contribution in [3.05, 3.63) is 11.7 Å². The van der Waals surface area contributed by atoms with Crippen LogP contribution in [-0.2, 0) is 13.0 Å². The normalized spacial score (nSPS) is 22.6. The first-order valence-electron chi connectivity index (χ1n) is 7.48. The minimum absolute atomic E-state index is 0.242. The Morgan fingerprint density at radius 3 is 3.00 bits per heavy atom. The Morgan fingerprint density at radius 1 is 1.42 bits per heavy atom. The lowest BCUT2D eigenvalue weighted by Crippen LogP contribution is -2.46. The van der Waals surface area contributed by atoms with E-state index in [1.165, 1.54) is 12.8 Å². The van der Waals surface area contributed by atoms with Gasteiger partial charge in [0.1, 0.15) is 0 Å². The van der Waals surface area contributed by atoms with Crippen LogP contribution in [0.3, 0.4) is 0 Å². The van der Waals surface area contributed by atoms with Crippen molar-refractivity contribution >= 4 is 0 Å². The summed E-state index contributed by atoms with van der Waals surface area (Å²) >= 11 is 0. The van der Waals surface area contributed by atoms with E-state index in [0.29, 0.717) is 6.54 Å². The van der Waals surface area contributed by atoms with Crippen LogP contribution in [-0.4, -0.2) is 38.8 Å². The molecule has 0 saturated carbocycles. The molecule has 0 aromatic carbocycles. The maximum atomic E-state index is 10.1. The van der Waals surface area contributed by atoms with Gasteiger partial charge in [0, 0.05) is 12.5 Å². The van der Waals surface area contributed by atoms with E-state index in [2.05, 4.69) is 22.0 Å². The van der Waals surface area contributed by atoms with Crippen molar-refractivity contribution < 1.29 is 9.63 Å². The lowest BCUT2D eigenvalue weighted by Gasteiger charge is -2.37. The van der Waals surface area contributed by atoms with Crippen molar-refractivity contribution in [3.8, 4) is 0 Å². The molecular formula is C14H25N3O2. The molecule has 2 heterocycles. The number of likely N-dealkylation sites (tertiary alicyclic amines) is 1. The molecule has 108 valence electrons. The summed E-state index contributed by atoms with van der Waals surface area (Å²) in [6.07, 6.45) is 5.86. The smallest absolute Gasteiger partial charge is 0.226 e. The fourth-order valence-electron chi connectivity index (χ4n) is 2.77. The predicted molar refractivity (Wildman–Crippen MR) is 72.6 cm³/mol. The third kappa shape index (κ3) is 3.76. The summed E-state index contributed by atoms with van der Waals surface area (Å²) in [4.78, 5) is 6.72. The molecule has 0 radical (unpaired) electrons. The van der Waals surface area contributed by atoms with Crippen molar-refractivity contribution in [3.63, 3.8) is 0 Å². The van der Waals surface area contributed by atoms with Gasteiger partial charge in [-0.15, -0.1) is 0 Å². The maximum absolute atomic E-state index is 10.1. The first-order chi connectivity index (χ1) is 9.24. The third-order valence-electron chi connectivity index (χ3n) is 3.85. The van der Waals surface area contributed by atoms with Gasteiger partial charge in [0.2, 0.25) is 5.89 Å². The van der Waals surface area contributed by atoms with E-state index < -0.39 is 0 Å². The lowest BCUT2D eigenvalue weighted by atomic mass is 9.96. The van der Waals surface area contributed by atoms with E-state index in [0.717, 1.165) is 43.9 Å². The molecule has 2 atom stereocenters. The van der Waals surface area contributed by atoms with Gasteiger partial charge in [-0.2, -0.15) is 4.98 Å². The summed E-state index contributed by atoms with van der Waals surface area (Å²) in [5, 5.41) is 14.2. The molecule has 5 nitrogen and oxygen atoms in total. The fraction of sp³-hybridized carbons (Fsp3) is 0.857. The highest BCUT2D eigenvalue weighted by molar-refractivity contribution is 4.90. The van der Waals surface area contributed by atoms with E-state index in [4.69, 9.17) is 4.52 Å². The van der Waals surface area contributed by atoms with Crippen molar-refractivity contribution in [2.45, 2.75) is 71.1 Å². The standard InChI is InChI=1S/C14H25N3O2/c1-3-7-14-15-13(16-19-14)10-17-9-6-5-8-11(17)12(18)4-2/h11-12,18H,3-10H2,1-2H3. The molecule has 0 aliphatic carbocycles. The van der Waals surface area contributed by atoms with Gasteiger partial charge in [-0.25, -0.2) is 0 Å². The molecule has 0 amide bonds. The monoisotopic (exact) mass is 267 g/mol. The van der Waals surface area contributed by atoms with E-state index in [9.17, 15) is 5.11 Å². The lowest BCUT2D eigenvalue weighted by molar-refractivity contribution is 0.0179. The number of aliphatic hydroxyl groups is 1. The summed E-state index contributed by atoms with van der Waals surface area (Å²) in [6.45, 7) is 5.83. The number of aromatic nitrogens is 2. The topological polar surface area (TPSA) is 62.4 Å². The van der Waals surface area contributed by atoms with Gasteiger partial charge in [0.05, 0.1) is 12.6 Å². The van der Waals surface area contributed by atoms with Gasteiger partial charge >= 0.3 is 0 Å². The molecule has 1 aromatic rings. The van der Waals surface area contributed by atoms with Crippen LogP contribution in [0.15, 0.2) is 4.52 Å². The molecule has 2 rings (SSSR count). The summed E-state index contributed by atoms with van der Waals surface area (Å²) in [7, 11) is 0. The van der Waals surface area contributed by atoms with Crippen LogP contribution in [0, 0.1) is 0 Å². The molecule has 1 saturated heterocycles. The van der Waals surface area contributed by atoms with Gasteiger partial charge < -0.3 is 9.63 Å². The average molecular weight is 267 g/mol. The van der Waals surface area contributed by atoms with E-state index in [1.54, 1.807) is 0 Å². The molecule has 1 fully saturated rings. The summed E-state index contributed by atoms with van der Waals surface area (Å²) < 4.78 is 5.22. The molecule has 1 aliphatic rings. The number of nitrogens with zero attached hydrogens (tertiary/aromatic N) is 3. The van der Waals surface area contributed by atoms with Gasteiger partial charge in [-0.1, -0.05) is 25.4 Å². The highest BCUT2D eigenvalue weighted by Crippen LogP contribution is 2.22. The molecular weight excluding hydrogens is 242 g/mol. The number of aliphatic hydroxyl groups excluding tert-OH is 1. The highest BCUT2D eigenvalue weighted by Gasteiger charge is 2.28. The second-order valence-corrected chi connectivity index (χ2v) is 5.36. The van der Waals surface area contributed by atoms with E-state index >= 15 is 0 Å². The predicted octanol–water partition coefficient (Wildman–Crippen LogP) is 2.15. The number of piperidine rings is 1. The van der Waals surface area contributed by atoms with Gasteiger partial charge in [-0.05, 0) is 32.2 Å². The Kier molecular flexibility index (Phi) is 5.34. The fourth-order valence-corrected chi connectivity index (χ4v) is 2.77. The second kappa shape index (κ2) is 7.01. The average Bonchev–Trinajstić information content (AvgIpc) is 2.86. The SMILES string of the molecule is CCCc1nc(CN2CCCCC2C(O)CC)no1. The summed E-state index contributed by atoms with van der Waals surface area (Å²) in [5.74, 6) is 1.47. The van der Waals surface area contributed by atoms with Crippen molar-refractivity contribution in [1.29, 1.82) is 0 Å². The molecule has 19 heavy (non-hydrogen) atoms. The van der Waals surface area contributed by atoms with Crippen LogP contribution < -0.4 is 0 Å². The van der Waals surface area contributed by atoms with Crippen LogP contribution in [0.5, 0.6) is 0 Å². The van der Waals surface area contributed by atoms with E-state index in [-0.39, 0.29) is 12.1 Å². The Morgan fingerprint density at radius 2 is 2.26 bits per heavy atom. The van der Waals surface area contributed by atoms with Crippen LogP contribution in [0.25, 0.3) is 0 Å². The van der Waals surface area contributed by atoms with Crippen LogP contribution in [0.4, 0.5) is 0 Å². The van der Waals surface area contributed by atoms with E-state index in [1.807, 2.05) is 6.92 Å². The van der Waals surface area contributed by atoms with Crippen LogP contribution >= 0.6 is 0 Å². The Bertz CT molecular complexity index is 381. The Labute approximate surface area is 115 Å². The zero-order valence-corrected chi connectivity index (χ0v) is 12.0. The largest absolute Gasteiger partial charge is 0.392 e. The quantitative estimate of drug-likeness (QED) is 0.855. The minimum atomic E-state index is -0.248. The molecule has 2 unspecified atom stereocenters. The van der Waals surface area contributed by atoms with Gasteiger partial charge in [0.25, 0.3) is 0 Å². The Hall–Kier alpha value is -0.940. The zero-order valence-electron chi connectivity index (χ0n) is 12.0. The number of rotatable bonds is 6. The van der Waals surface area contributed by atoms with Gasteiger partial charge in [-0.3, -0.25) is 4.90 Å². The van der Waals surface area contributed by atoms with Crippen molar-refractivity contribution in [2.75, 3.05) is 6.54 Å².